The lowest BCUT2D eigenvalue weighted by molar-refractivity contribution is 0.0697. The highest BCUT2D eigenvalue weighted by atomic mass is 32.1. The van der Waals surface area contributed by atoms with Gasteiger partial charge < -0.3 is 10.4 Å². The van der Waals surface area contributed by atoms with E-state index in [1.165, 1.54) is 6.07 Å². The molecule has 94 valence electrons. The number of aromatic carboxylic acids is 1. The summed E-state index contributed by atoms with van der Waals surface area (Å²) in [6.45, 7) is 1.55. The van der Waals surface area contributed by atoms with E-state index in [-0.39, 0.29) is 16.3 Å². The van der Waals surface area contributed by atoms with Crippen molar-refractivity contribution < 1.29 is 18.7 Å². The van der Waals surface area contributed by atoms with E-state index in [4.69, 9.17) is 5.11 Å². The van der Waals surface area contributed by atoms with Gasteiger partial charge in [-0.25, -0.2) is 13.6 Å². The number of carbonyl (C=O) groups is 1. The molecule has 2 N–H and O–H groups in total. The van der Waals surface area contributed by atoms with Crippen molar-refractivity contribution in [1.82, 2.24) is 4.37 Å². The molecule has 0 unspecified atom stereocenters. The standard InChI is InChI=1S/C11H8F2N2O2S/c1-5-9(11(16)17)10(18-15-5)14-8-3-2-6(12)4-7(8)13/h2-4,14H,1H3,(H,16,17). The third-order valence-corrected chi connectivity index (χ3v) is 3.11. The van der Waals surface area contributed by atoms with Crippen molar-refractivity contribution in [3.05, 3.63) is 41.1 Å². The second kappa shape index (κ2) is 4.69. The quantitative estimate of drug-likeness (QED) is 0.899. The van der Waals surface area contributed by atoms with E-state index in [1.54, 1.807) is 6.92 Å². The first kappa shape index (κ1) is 12.4. The van der Waals surface area contributed by atoms with E-state index in [0.717, 1.165) is 23.7 Å². The number of rotatable bonds is 3. The third-order valence-electron chi connectivity index (χ3n) is 2.26. The SMILES string of the molecule is Cc1nsc(Nc2ccc(F)cc2F)c1C(=O)O. The molecule has 2 rings (SSSR count). The van der Waals surface area contributed by atoms with Crippen molar-refractivity contribution in [1.29, 1.82) is 0 Å². The Morgan fingerprint density at radius 2 is 2.17 bits per heavy atom. The zero-order valence-corrected chi connectivity index (χ0v) is 10.0. The van der Waals surface area contributed by atoms with Crippen LogP contribution in [0.5, 0.6) is 0 Å². The lowest BCUT2D eigenvalue weighted by atomic mass is 10.2. The number of nitrogens with zero attached hydrogens (tertiary/aromatic N) is 1. The Bertz CT molecular complexity index is 613. The number of nitrogens with one attached hydrogen (secondary N) is 1. The van der Waals surface area contributed by atoms with Crippen LogP contribution in [0.1, 0.15) is 16.1 Å². The average molecular weight is 270 g/mol. The molecule has 2 aromatic rings. The fourth-order valence-electron chi connectivity index (χ4n) is 1.42. The molecule has 0 aliphatic carbocycles. The Balaban J connectivity index is 2.37. The van der Waals surface area contributed by atoms with Crippen molar-refractivity contribution >= 4 is 28.2 Å². The summed E-state index contributed by atoms with van der Waals surface area (Å²) < 4.78 is 30.0. The summed E-state index contributed by atoms with van der Waals surface area (Å²) in [6, 6.07) is 3.00. The van der Waals surface area contributed by atoms with E-state index >= 15 is 0 Å². The van der Waals surface area contributed by atoms with Crippen LogP contribution in [0.25, 0.3) is 0 Å². The van der Waals surface area contributed by atoms with Gasteiger partial charge in [-0.2, -0.15) is 4.37 Å². The number of aryl methyl sites for hydroxylation is 1. The van der Waals surface area contributed by atoms with Crippen LogP contribution in [0.4, 0.5) is 19.5 Å². The van der Waals surface area contributed by atoms with Gasteiger partial charge in [-0.3, -0.25) is 0 Å². The minimum atomic E-state index is -1.15. The number of benzene rings is 1. The van der Waals surface area contributed by atoms with Crippen LogP contribution in [-0.4, -0.2) is 15.4 Å². The third kappa shape index (κ3) is 2.30. The predicted octanol–water partition coefficient (Wildman–Crippen LogP) is 3.17. The highest BCUT2D eigenvalue weighted by Gasteiger charge is 2.18. The molecule has 7 heteroatoms. The van der Waals surface area contributed by atoms with E-state index in [1.807, 2.05) is 0 Å². The first-order valence-corrected chi connectivity index (χ1v) is 5.68. The van der Waals surface area contributed by atoms with E-state index in [2.05, 4.69) is 9.69 Å². The lowest BCUT2D eigenvalue weighted by Gasteiger charge is -2.06. The maximum absolute atomic E-state index is 13.4. The van der Waals surface area contributed by atoms with Crippen LogP contribution < -0.4 is 5.32 Å². The predicted molar refractivity (Wildman–Crippen MR) is 63.5 cm³/mol. The Morgan fingerprint density at radius 1 is 1.44 bits per heavy atom. The number of hydrogen-bond donors (Lipinski definition) is 2. The molecule has 0 amide bonds. The molecule has 0 radical (unpaired) electrons. The minimum absolute atomic E-state index is 0.00236. The number of anilines is 2. The Kier molecular flexibility index (Phi) is 3.24. The monoisotopic (exact) mass is 270 g/mol. The summed E-state index contributed by atoms with van der Waals surface area (Å²) in [6.07, 6.45) is 0. The fourth-order valence-corrected chi connectivity index (χ4v) is 2.22. The molecule has 0 spiro atoms. The van der Waals surface area contributed by atoms with Gasteiger partial charge in [-0.05, 0) is 30.6 Å². The summed E-state index contributed by atoms with van der Waals surface area (Å²) >= 11 is 0.910. The number of halogens is 2. The molecule has 4 nitrogen and oxygen atoms in total. The minimum Gasteiger partial charge on any atom is -0.478 e. The smallest absolute Gasteiger partial charge is 0.340 e. The van der Waals surface area contributed by atoms with Crippen LogP contribution >= 0.6 is 11.5 Å². The molecule has 18 heavy (non-hydrogen) atoms. The Hall–Kier alpha value is -2.02. The van der Waals surface area contributed by atoms with Crippen LogP contribution in [-0.2, 0) is 0 Å². The zero-order chi connectivity index (χ0) is 13.3. The Labute approximate surface area is 105 Å². The molecular formula is C11H8F2N2O2S. The van der Waals surface area contributed by atoms with Gasteiger partial charge >= 0.3 is 5.97 Å². The molecule has 0 saturated heterocycles. The molecule has 0 aliphatic heterocycles. The first-order chi connectivity index (χ1) is 8.49. The van der Waals surface area contributed by atoms with Gasteiger partial charge in [0.05, 0.1) is 11.4 Å². The van der Waals surface area contributed by atoms with E-state index in [0.29, 0.717) is 5.69 Å². The van der Waals surface area contributed by atoms with Crippen molar-refractivity contribution in [2.24, 2.45) is 0 Å². The molecule has 1 aromatic heterocycles. The largest absolute Gasteiger partial charge is 0.478 e. The maximum atomic E-state index is 13.4. The summed E-state index contributed by atoms with van der Waals surface area (Å²) in [5.41, 5.74) is 0.337. The topological polar surface area (TPSA) is 62.2 Å². The number of hydrogen-bond acceptors (Lipinski definition) is 4. The summed E-state index contributed by atoms with van der Waals surface area (Å²) in [4.78, 5) is 11.0. The molecule has 0 bridgehead atoms. The first-order valence-electron chi connectivity index (χ1n) is 4.90. The van der Waals surface area contributed by atoms with Crippen LogP contribution in [0.2, 0.25) is 0 Å². The van der Waals surface area contributed by atoms with Gasteiger partial charge in [-0.15, -0.1) is 0 Å². The van der Waals surface area contributed by atoms with Crippen LogP contribution in [0.15, 0.2) is 18.2 Å². The maximum Gasteiger partial charge on any atom is 0.340 e. The van der Waals surface area contributed by atoms with Crippen molar-refractivity contribution in [3.8, 4) is 0 Å². The molecule has 0 aliphatic rings. The molecule has 1 heterocycles. The number of aromatic nitrogens is 1. The van der Waals surface area contributed by atoms with E-state index < -0.39 is 17.6 Å². The molecule has 0 fully saturated rings. The second-order valence-electron chi connectivity index (χ2n) is 3.53. The number of carboxylic acids is 1. The normalized spacial score (nSPS) is 10.4. The zero-order valence-electron chi connectivity index (χ0n) is 9.20. The summed E-state index contributed by atoms with van der Waals surface area (Å²) in [5.74, 6) is -2.64. The van der Waals surface area contributed by atoms with Crippen LogP contribution in [0, 0.1) is 18.6 Å². The summed E-state index contributed by atoms with van der Waals surface area (Å²) in [5, 5.41) is 11.8. The highest BCUT2D eigenvalue weighted by Crippen LogP contribution is 2.29. The van der Waals surface area contributed by atoms with Gasteiger partial charge in [-0.1, -0.05) is 0 Å². The Morgan fingerprint density at radius 3 is 2.78 bits per heavy atom. The van der Waals surface area contributed by atoms with Gasteiger partial charge in [0.1, 0.15) is 22.2 Å². The van der Waals surface area contributed by atoms with Gasteiger partial charge in [0.25, 0.3) is 0 Å². The molecular weight excluding hydrogens is 262 g/mol. The van der Waals surface area contributed by atoms with E-state index in [9.17, 15) is 13.6 Å². The van der Waals surface area contributed by atoms with Gasteiger partial charge in [0, 0.05) is 6.07 Å². The molecule has 0 saturated carbocycles. The van der Waals surface area contributed by atoms with Crippen molar-refractivity contribution in [2.45, 2.75) is 6.92 Å². The van der Waals surface area contributed by atoms with Gasteiger partial charge in [0.15, 0.2) is 0 Å². The highest BCUT2D eigenvalue weighted by molar-refractivity contribution is 7.10. The van der Waals surface area contributed by atoms with Gasteiger partial charge in [0.2, 0.25) is 0 Å². The van der Waals surface area contributed by atoms with Crippen LogP contribution in [0.3, 0.4) is 0 Å². The lowest BCUT2D eigenvalue weighted by Crippen LogP contribution is -2.02. The fraction of sp³-hybridized carbons (Fsp3) is 0.0909. The average Bonchev–Trinajstić information content (AvgIpc) is 2.64. The second-order valence-corrected chi connectivity index (χ2v) is 4.30. The van der Waals surface area contributed by atoms with Crippen molar-refractivity contribution in [3.63, 3.8) is 0 Å². The summed E-state index contributed by atoms with van der Waals surface area (Å²) in [7, 11) is 0. The number of carboxylic acid groups (broad SMARTS) is 1. The molecule has 0 atom stereocenters. The molecule has 1 aromatic carbocycles. The van der Waals surface area contributed by atoms with Crippen molar-refractivity contribution in [2.75, 3.05) is 5.32 Å².